The van der Waals surface area contributed by atoms with Crippen molar-refractivity contribution in [3.63, 3.8) is 0 Å². The Hall–Kier alpha value is -3.47. The minimum absolute atomic E-state index is 0.0223. The molecule has 0 saturated carbocycles. The molecule has 1 amide bonds. The lowest BCUT2D eigenvalue weighted by molar-refractivity contribution is 0.0946. The van der Waals surface area contributed by atoms with Gasteiger partial charge < -0.3 is 10.3 Å². The van der Waals surface area contributed by atoms with E-state index in [1.54, 1.807) is 0 Å². The lowest BCUT2D eigenvalue weighted by Crippen LogP contribution is -2.31. The van der Waals surface area contributed by atoms with Crippen LogP contribution < -0.4 is 5.32 Å². The fourth-order valence-electron chi connectivity index (χ4n) is 3.69. The smallest absolute Gasteiger partial charge is 0.253 e. The maximum Gasteiger partial charge on any atom is 0.253 e. The normalized spacial score (nSPS) is 13.4. The van der Waals surface area contributed by atoms with Gasteiger partial charge in [0.2, 0.25) is 0 Å². The molecule has 0 spiro atoms. The molecular formula is C22H18N4O. The molecule has 0 aliphatic carbocycles. The number of aromatic amines is 1. The van der Waals surface area contributed by atoms with Gasteiger partial charge in [0.1, 0.15) is 0 Å². The van der Waals surface area contributed by atoms with Crippen LogP contribution in [0.3, 0.4) is 0 Å². The number of benzene rings is 2. The van der Waals surface area contributed by atoms with Gasteiger partial charge >= 0.3 is 0 Å². The van der Waals surface area contributed by atoms with Crippen molar-refractivity contribution < 1.29 is 4.79 Å². The van der Waals surface area contributed by atoms with E-state index < -0.39 is 0 Å². The minimum Gasteiger partial charge on any atom is -0.358 e. The molecule has 1 aliphatic rings. The van der Waals surface area contributed by atoms with E-state index >= 15 is 0 Å². The number of nitrogens with zero attached hydrogens (tertiary/aromatic N) is 2. The SMILES string of the molecule is Cc1nc2cccc(-c3cc4c([nH]3)CCNC4=O)c2nc1-c1ccccc1. The minimum atomic E-state index is -0.0223. The quantitative estimate of drug-likeness (QED) is 0.574. The number of para-hydroxylation sites is 1. The van der Waals surface area contributed by atoms with Gasteiger partial charge in [-0.25, -0.2) is 9.97 Å². The highest BCUT2D eigenvalue weighted by atomic mass is 16.1. The van der Waals surface area contributed by atoms with E-state index in [4.69, 9.17) is 9.97 Å². The Kier molecular flexibility index (Phi) is 3.53. The van der Waals surface area contributed by atoms with Crippen LogP contribution in [0.2, 0.25) is 0 Å². The molecule has 0 unspecified atom stereocenters. The van der Waals surface area contributed by atoms with Crippen molar-refractivity contribution in [2.45, 2.75) is 13.3 Å². The molecule has 5 rings (SSSR count). The molecule has 2 N–H and O–H groups in total. The second-order valence-corrected chi connectivity index (χ2v) is 6.78. The number of carbonyl (C=O) groups excluding carboxylic acids is 1. The van der Waals surface area contributed by atoms with Gasteiger partial charge in [0.05, 0.1) is 28.0 Å². The standard InChI is InChI=1S/C22H18N4O/c1-13-20(14-6-3-2-4-7-14)26-21-15(8-5-9-18(21)24-13)19-12-16-17(25-19)10-11-23-22(16)27/h2-9,12,25H,10-11H2,1H3,(H,23,27). The average Bonchev–Trinajstić information content (AvgIpc) is 3.13. The molecule has 5 heteroatoms. The van der Waals surface area contributed by atoms with Crippen molar-refractivity contribution in [1.82, 2.24) is 20.3 Å². The monoisotopic (exact) mass is 354 g/mol. The first kappa shape index (κ1) is 15.8. The summed E-state index contributed by atoms with van der Waals surface area (Å²) in [6.45, 7) is 2.65. The molecule has 132 valence electrons. The van der Waals surface area contributed by atoms with Gasteiger partial charge in [-0.15, -0.1) is 0 Å². The van der Waals surface area contributed by atoms with Gasteiger partial charge in [-0.2, -0.15) is 0 Å². The van der Waals surface area contributed by atoms with Gasteiger partial charge in [-0.1, -0.05) is 42.5 Å². The highest BCUT2D eigenvalue weighted by molar-refractivity contribution is 5.99. The zero-order chi connectivity index (χ0) is 18.4. The van der Waals surface area contributed by atoms with Gasteiger partial charge in [-0.05, 0) is 19.1 Å². The first-order chi connectivity index (χ1) is 13.2. The van der Waals surface area contributed by atoms with Crippen LogP contribution in [0.5, 0.6) is 0 Å². The third-order valence-corrected chi connectivity index (χ3v) is 5.01. The van der Waals surface area contributed by atoms with Gasteiger partial charge in [0, 0.05) is 35.5 Å². The van der Waals surface area contributed by atoms with E-state index in [1.807, 2.05) is 61.5 Å². The van der Waals surface area contributed by atoms with Gasteiger partial charge in [0.15, 0.2) is 0 Å². The van der Waals surface area contributed by atoms with E-state index in [0.717, 1.165) is 56.9 Å². The van der Waals surface area contributed by atoms with E-state index in [-0.39, 0.29) is 5.91 Å². The number of carbonyl (C=O) groups is 1. The number of H-pyrrole nitrogens is 1. The highest BCUT2D eigenvalue weighted by Crippen LogP contribution is 2.31. The Morgan fingerprint density at radius 1 is 0.963 bits per heavy atom. The maximum atomic E-state index is 12.1. The lowest BCUT2D eigenvalue weighted by Gasteiger charge is -2.11. The summed E-state index contributed by atoms with van der Waals surface area (Å²) >= 11 is 0. The van der Waals surface area contributed by atoms with Crippen molar-refractivity contribution in [2.24, 2.45) is 0 Å². The van der Waals surface area contributed by atoms with Gasteiger partial charge in [0.25, 0.3) is 5.91 Å². The van der Waals surface area contributed by atoms with Crippen LogP contribution in [-0.2, 0) is 6.42 Å². The molecule has 5 nitrogen and oxygen atoms in total. The summed E-state index contributed by atoms with van der Waals surface area (Å²) in [7, 11) is 0. The third-order valence-electron chi connectivity index (χ3n) is 5.01. The van der Waals surface area contributed by atoms with Crippen LogP contribution >= 0.6 is 0 Å². The van der Waals surface area contributed by atoms with Crippen LogP contribution in [0, 0.1) is 6.92 Å². The summed E-state index contributed by atoms with van der Waals surface area (Å²) in [6.07, 6.45) is 0.811. The number of amides is 1. The second kappa shape index (κ2) is 6.06. The molecule has 3 heterocycles. The number of hydrogen-bond acceptors (Lipinski definition) is 3. The summed E-state index contributed by atoms with van der Waals surface area (Å²) in [5.41, 5.74) is 8.07. The van der Waals surface area contributed by atoms with Gasteiger partial charge in [-0.3, -0.25) is 4.79 Å². The van der Waals surface area contributed by atoms with Crippen molar-refractivity contribution in [1.29, 1.82) is 0 Å². The van der Waals surface area contributed by atoms with Crippen molar-refractivity contribution >= 4 is 16.9 Å². The number of rotatable bonds is 2. The molecular weight excluding hydrogens is 336 g/mol. The summed E-state index contributed by atoms with van der Waals surface area (Å²) in [6, 6.07) is 18.0. The first-order valence-corrected chi connectivity index (χ1v) is 9.04. The van der Waals surface area contributed by atoms with Crippen molar-refractivity contribution in [3.05, 3.63) is 71.5 Å². The average molecular weight is 354 g/mol. The molecule has 0 fully saturated rings. The second-order valence-electron chi connectivity index (χ2n) is 6.78. The summed E-state index contributed by atoms with van der Waals surface area (Å²) in [5, 5.41) is 2.89. The molecule has 2 aromatic heterocycles. The topological polar surface area (TPSA) is 70.7 Å². The van der Waals surface area contributed by atoms with E-state index in [9.17, 15) is 4.79 Å². The molecule has 4 aromatic rings. The Bertz CT molecular complexity index is 1180. The maximum absolute atomic E-state index is 12.1. The van der Waals surface area contributed by atoms with E-state index in [1.165, 1.54) is 0 Å². The number of aryl methyl sites for hydroxylation is 1. The lowest BCUT2D eigenvalue weighted by atomic mass is 10.1. The number of nitrogens with one attached hydrogen (secondary N) is 2. The van der Waals surface area contributed by atoms with Crippen LogP contribution in [0.25, 0.3) is 33.5 Å². The van der Waals surface area contributed by atoms with Crippen LogP contribution in [-0.4, -0.2) is 27.4 Å². The number of hydrogen-bond donors (Lipinski definition) is 2. The Morgan fingerprint density at radius 2 is 1.81 bits per heavy atom. The van der Waals surface area contributed by atoms with Crippen molar-refractivity contribution in [3.8, 4) is 22.5 Å². The fraction of sp³-hybridized carbons (Fsp3) is 0.136. The zero-order valence-corrected chi connectivity index (χ0v) is 14.9. The fourth-order valence-corrected chi connectivity index (χ4v) is 3.69. The molecule has 0 atom stereocenters. The molecule has 27 heavy (non-hydrogen) atoms. The molecule has 0 saturated heterocycles. The van der Waals surface area contributed by atoms with Crippen LogP contribution in [0.15, 0.2) is 54.6 Å². The molecule has 2 aromatic carbocycles. The predicted molar refractivity (Wildman–Crippen MR) is 106 cm³/mol. The van der Waals surface area contributed by atoms with Crippen LogP contribution in [0.1, 0.15) is 21.7 Å². The number of fused-ring (bicyclic) bond motifs is 2. The zero-order valence-electron chi connectivity index (χ0n) is 14.9. The number of aromatic nitrogens is 3. The predicted octanol–water partition coefficient (Wildman–Crippen LogP) is 3.89. The Labute approximate surface area is 156 Å². The highest BCUT2D eigenvalue weighted by Gasteiger charge is 2.21. The van der Waals surface area contributed by atoms with E-state index in [0.29, 0.717) is 6.54 Å². The molecule has 1 aliphatic heterocycles. The molecule has 0 bridgehead atoms. The van der Waals surface area contributed by atoms with Crippen LogP contribution in [0.4, 0.5) is 0 Å². The first-order valence-electron chi connectivity index (χ1n) is 9.04. The summed E-state index contributed by atoms with van der Waals surface area (Å²) < 4.78 is 0. The largest absolute Gasteiger partial charge is 0.358 e. The Balaban J connectivity index is 1.73. The van der Waals surface area contributed by atoms with E-state index in [2.05, 4.69) is 10.3 Å². The summed E-state index contributed by atoms with van der Waals surface area (Å²) in [4.78, 5) is 25.3. The van der Waals surface area contributed by atoms with Crippen molar-refractivity contribution in [2.75, 3.05) is 6.54 Å². The Morgan fingerprint density at radius 3 is 2.63 bits per heavy atom. The third kappa shape index (κ3) is 2.59. The molecule has 0 radical (unpaired) electrons. The summed E-state index contributed by atoms with van der Waals surface area (Å²) in [5.74, 6) is -0.0223.